The van der Waals surface area contributed by atoms with Crippen LogP contribution in [0.5, 0.6) is 0 Å². The summed E-state index contributed by atoms with van der Waals surface area (Å²) in [5.74, 6) is -1.19. The summed E-state index contributed by atoms with van der Waals surface area (Å²) in [5.41, 5.74) is 0.893. The van der Waals surface area contributed by atoms with Crippen LogP contribution in [-0.4, -0.2) is 27.9 Å². The third-order valence-electron chi connectivity index (χ3n) is 3.36. The third-order valence-corrected chi connectivity index (χ3v) is 3.36. The Morgan fingerprint density at radius 2 is 1.85 bits per heavy atom. The van der Waals surface area contributed by atoms with Gasteiger partial charge in [-0.1, -0.05) is 12.1 Å². The Labute approximate surface area is 117 Å². The first-order valence-electron chi connectivity index (χ1n) is 6.82. The van der Waals surface area contributed by atoms with Crippen molar-refractivity contribution in [3.63, 3.8) is 0 Å². The summed E-state index contributed by atoms with van der Waals surface area (Å²) in [5, 5.41) is 8.59. The summed E-state index contributed by atoms with van der Waals surface area (Å²) in [6, 6.07) is 6.38. The van der Waals surface area contributed by atoms with E-state index < -0.39 is 5.97 Å². The highest BCUT2D eigenvalue weighted by Gasteiger charge is 2.32. The first-order chi connectivity index (χ1) is 9.56. The second-order valence-corrected chi connectivity index (χ2v) is 5.13. The van der Waals surface area contributed by atoms with Gasteiger partial charge in [-0.05, 0) is 37.0 Å². The van der Waals surface area contributed by atoms with Crippen LogP contribution in [0.3, 0.4) is 0 Å². The minimum absolute atomic E-state index is 0.0147. The lowest BCUT2D eigenvalue weighted by Crippen LogP contribution is -2.32. The van der Waals surface area contributed by atoms with Crippen molar-refractivity contribution in [1.82, 2.24) is 4.90 Å². The van der Waals surface area contributed by atoms with Crippen molar-refractivity contribution in [1.29, 1.82) is 0 Å². The third kappa shape index (κ3) is 4.33. The second kappa shape index (κ2) is 6.50. The molecule has 0 unspecified atom stereocenters. The Balaban J connectivity index is 1.91. The summed E-state index contributed by atoms with van der Waals surface area (Å²) < 4.78 is 12.9. The van der Waals surface area contributed by atoms with Crippen molar-refractivity contribution >= 4 is 11.9 Å². The summed E-state index contributed by atoms with van der Waals surface area (Å²) in [4.78, 5) is 24.4. The Hall–Kier alpha value is -1.91. The minimum atomic E-state index is -0.880. The number of aliphatic carboxylic acids is 1. The van der Waals surface area contributed by atoms with E-state index in [1.54, 1.807) is 17.0 Å². The highest BCUT2D eigenvalue weighted by molar-refractivity contribution is 5.77. The molecule has 1 aliphatic carbocycles. The molecule has 1 fully saturated rings. The van der Waals surface area contributed by atoms with Gasteiger partial charge >= 0.3 is 5.97 Å². The van der Waals surface area contributed by atoms with Gasteiger partial charge in [0.05, 0.1) is 0 Å². The van der Waals surface area contributed by atoms with Crippen LogP contribution in [0.4, 0.5) is 4.39 Å². The normalized spacial score (nSPS) is 14.1. The van der Waals surface area contributed by atoms with Gasteiger partial charge in [0.2, 0.25) is 5.91 Å². The van der Waals surface area contributed by atoms with Gasteiger partial charge in [-0.2, -0.15) is 0 Å². The zero-order chi connectivity index (χ0) is 14.5. The van der Waals surface area contributed by atoms with E-state index in [1.165, 1.54) is 12.1 Å². The highest BCUT2D eigenvalue weighted by atomic mass is 19.1. The summed E-state index contributed by atoms with van der Waals surface area (Å²) in [6.07, 6.45) is 2.61. The molecule has 20 heavy (non-hydrogen) atoms. The van der Waals surface area contributed by atoms with Gasteiger partial charge in [0.1, 0.15) is 5.82 Å². The maximum atomic E-state index is 12.9. The minimum Gasteiger partial charge on any atom is -0.481 e. The number of carbonyl (C=O) groups is 2. The number of benzene rings is 1. The van der Waals surface area contributed by atoms with Crippen LogP contribution >= 0.6 is 0 Å². The average Bonchev–Trinajstić information content (AvgIpc) is 3.21. The molecular formula is C15H18FNO3. The standard InChI is InChI=1S/C15H18FNO3/c16-12-6-4-11(5-7-12)10-17(13-8-9-13)14(18)2-1-3-15(19)20/h4-7,13H,1-3,8-10H2,(H,19,20). The van der Waals surface area contributed by atoms with Crippen LogP contribution in [0.2, 0.25) is 0 Å². The number of nitrogens with zero attached hydrogens (tertiary/aromatic N) is 1. The fraction of sp³-hybridized carbons (Fsp3) is 0.467. The molecule has 1 aromatic carbocycles. The maximum Gasteiger partial charge on any atom is 0.303 e. The molecule has 1 saturated carbocycles. The summed E-state index contributed by atoms with van der Waals surface area (Å²) >= 11 is 0. The molecule has 1 aromatic rings. The van der Waals surface area contributed by atoms with Gasteiger partial charge in [-0.3, -0.25) is 9.59 Å². The number of amides is 1. The summed E-state index contributed by atoms with van der Waals surface area (Å²) in [7, 11) is 0. The number of carbonyl (C=O) groups excluding carboxylic acids is 1. The number of rotatable bonds is 7. The molecule has 1 amide bonds. The molecule has 1 aliphatic rings. The predicted octanol–water partition coefficient (Wildman–Crippen LogP) is 2.57. The number of hydrogen-bond donors (Lipinski definition) is 1. The Morgan fingerprint density at radius 3 is 2.40 bits per heavy atom. The van der Waals surface area contributed by atoms with Crippen molar-refractivity contribution in [3.8, 4) is 0 Å². The van der Waals surface area contributed by atoms with Gasteiger partial charge in [0, 0.05) is 25.4 Å². The fourth-order valence-corrected chi connectivity index (χ4v) is 2.13. The molecule has 0 spiro atoms. The molecule has 108 valence electrons. The lowest BCUT2D eigenvalue weighted by Gasteiger charge is -2.22. The molecule has 0 radical (unpaired) electrons. The zero-order valence-corrected chi connectivity index (χ0v) is 11.2. The van der Waals surface area contributed by atoms with Crippen molar-refractivity contribution < 1.29 is 19.1 Å². The molecule has 4 nitrogen and oxygen atoms in total. The van der Waals surface area contributed by atoms with Crippen molar-refractivity contribution in [2.24, 2.45) is 0 Å². The van der Waals surface area contributed by atoms with Crippen molar-refractivity contribution in [2.75, 3.05) is 0 Å². The highest BCUT2D eigenvalue weighted by Crippen LogP contribution is 2.29. The van der Waals surface area contributed by atoms with Gasteiger partial charge in [-0.15, -0.1) is 0 Å². The van der Waals surface area contributed by atoms with Crippen molar-refractivity contribution in [3.05, 3.63) is 35.6 Å². The zero-order valence-electron chi connectivity index (χ0n) is 11.2. The Morgan fingerprint density at radius 1 is 1.20 bits per heavy atom. The first kappa shape index (κ1) is 14.5. The van der Waals surface area contributed by atoms with E-state index in [4.69, 9.17) is 5.11 Å². The maximum absolute atomic E-state index is 12.9. The molecule has 5 heteroatoms. The van der Waals surface area contributed by atoms with E-state index in [0.717, 1.165) is 18.4 Å². The van der Waals surface area contributed by atoms with E-state index in [9.17, 15) is 14.0 Å². The molecule has 0 aliphatic heterocycles. The molecule has 0 atom stereocenters. The largest absolute Gasteiger partial charge is 0.481 e. The van der Waals surface area contributed by atoms with E-state index in [2.05, 4.69) is 0 Å². The second-order valence-electron chi connectivity index (χ2n) is 5.13. The lowest BCUT2D eigenvalue weighted by molar-refractivity contribution is -0.137. The van der Waals surface area contributed by atoms with E-state index in [-0.39, 0.29) is 30.6 Å². The van der Waals surface area contributed by atoms with Gasteiger partial charge in [-0.25, -0.2) is 4.39 Å². The molecular weight excluding hydrogens is 261 g/mol. The monoisotopic (exact) mass is 279 g/mol. The molecule has 2 rings (SSSR count). The predicted molar refractivity (Wildman–Crippen MR) is 71.5 cm³/mol. The van der Waals surface area contributed by atoms with E-state index in [1.807, 2.05) is 0 Å². The molecule has 0 bridgehead atoms. The Kier molecular flexibility index (Phi) is 4.71. The molecule has 1 N–H and O–H groups in total. The van der Waals surface area contributed by atoms with Gasteiger partial charge in [0.25, 0.3) is 0 Å². The number of carboxylic acids is 1. The van der Waals surface area contributed by atoms with Crippen LogP contribution in [0.15, 0.2) is 24.3 Å². The number of halogens is 1. The Bertz CT molecular complexity index is 482. The lowest BCUT2D eigenvalue weighted by atomic mass is 10.1. The summed E-state index contributed by atoms with van der Waals surface area (Å²) in [6.45, 7) is 0.469. The SMILES string of the molecule is O=C(O)CCCC(=O)N(Cc1ccc(F)cc1)C1CC1. The number of carboxylic acid groups (broad SMARTS) is 1. The van der Waals surface area contributed by atoms with Crippen LogP contribution in [0.25, 0.3) is 0 Å². The molecule has 0 aromatic heterocycles. The van der Waals surface area contributed by atoms with Crippen LogP contribution in [0, 0.1) is 5.82 Å². The fourth-order valence-electron chi connectivity index (χ4n) is 2.13. The van der Waals surface area contributed by atoms with Crippen LogP contribution in [-0.2, 0) is 16.1 Å². The quantitative estimate of drug-likeness (QED) is 0.834. The van der Waals surface area contributed by atoms with Gasteiger partial charge in [0.15, 0.2) is 0 Å². The van der Waals surface area contributed by atoms with Crippen LogP contribution < -0.4 is 0 Å². The number of hydrogen-bond acceptors (Lipinski definition) is 2. The van der Waals surface area contributed by atoms with Gasteiger partial charge < -0.3 is 10.0 Å². The first-order valence-corrected chi connectivity index (χ1v) is 6.82. The van der Waals surface area contributed by atoms with E-state index in [0.29, 0.717) is 13.0 Å². The van der Waals surface area contributed by atoms with E-state index >= 15 is 0 Å². The molecule has 0 saturated heterocycles. The van der Waals surface area contributed by atoms with Crippen LogP contribution in [0.1, 0.15) is 37.7 Å². The topological polar surface area (TPSA) is 57.6 Å². The van der Waals surface area contributed by atoms with Crippen molar-refractivity contribution in [2.45, 2.75) is 44.7 Å². The average molecular weight is 279 g/mol. The smallest absolute Gasteiger partial charge is 0.303 e. The molecule has 0 heterocycles.